The number of carbonyl (C=O) groups is 2. The van der Waals surface area contributed by atoms with Crippen LogP contribution >= 0.6 is 11.6 Å². The molecule has 0 heterocycles. The van der Waals surface area contributed by atoms with Crippen LogP contribution < -0.4 is 11.1 Å². The molecule has 0 aliphatic rings. The average molecular weight is 300 g/mol. The Morgan fingerprint density at radius 3 is 2.80 bits per heavy atom. The fourth-order valence-electron chi connectivity index (χ4n) is 1.59. The Hall–Kier alpha value is -1.63. The molecule has 0 aliphatic heterocycles. The maximum Gasteiger partial charge on any atom is 0.243 e. The first-order chi connectivity index (χ1) is 9.43. The second-order valence-electron chi connectivity index (χ2n) is 4.31. The van der Waals surface area contributed by atoms with Crippen LogP contribution in [0.5, 0.6) is 0 Å². The van der Waals surface area contributed by atoms with Gasteiger partial charge in [0.2, 0.25) is 11.8 Å². The number of hydrogen-bond donors (Lipinski definition) is 2. The lowest BCUT2D eigenvalue weighted by atomic mass is 10.3. The lowest BCUT2D eigenvalue weighted by Gasteiger charge is -2.20. The third-order valence-corrected chi connectivity index (χ3v) is 2.76. The fraction of sp³-hybridized carbons (Fsp3) is 0.385. The molecule has 1 atom stereocenters. The van der Waals surface area contributed by atoms with Crippen molar-refractivity contribution in [1.82, 2.24) is 4.90 Å². The van der Waals surface area contributed by atoms with Crippen molar-refractivity contribution in [2.45, 2.75) is 6.04 Å². The molecule has 1 unspecified atom stereocenters. The number of hydrogen-bond acceptors (Lipinski definition) is 4. The van der Waals surface area contributed by atoms with Crippen LogP contribution in [0, 0.1) is 0 Å². The number of nitrogens with one attached hydrogen (secondary N) is 1. The summed E-state index contributed by atoms with van der Waals surface area (Å²) in [4.78, 5) is 24.8. The molecule has 6 nitrogen and oxygen atoms in total. The molecule has 20 heavy (non-hydrogen) atoms. The number of carbonyl (C=O) groups excluding carboxylic acids is 2. The highest BCUT2D eigenvalue weighted by Gasteiger charge is 2.19. The molecule has 0 radical (unpaired) electrons. The normalized spacial score (nSPS) is 11.8. The Labute approximate surface area is 122 Å². The summed E-state index contributed by atoms with van der Waals surface area (Å²) < 4.78 is 4.80. The first kappa shape index (κ1) is 16.4. The largest absolute Gasteiger partial charge is 0.383 e. The van der Waals surface area contributed by atoms with Gasteiger partial charge in [-0.1, -0.05) is 17.7 Å². The van der Waals surface area contributed by atoms with E-state index in [9.17, 15) is 9.59 Å². The average Bonchev–Trinajstić information content (AvgIpc) is 2.37. The summed E-state index contributed by atoms with van der Waals surface area (Å²) in [5, 5.41) is 3.17. The van der Waals surface area contributed by atoms with E-state index >= 15 is 0 Å². The number of nitrogens with zero attached hydrogens (tertiary/aromatic N) is 1. The van der Waals surface area contributed by atoms with Gasteiger partial charge in [-0.3, -0.25) is 9.59 Å². The van der Waals surface area contributed by atoms with Crippen molar-refractivity contribution in [2.75, 3.05) is 32.6 Å². The number of ether oxygens (including phenoxy) is 1. The molecule has 0 aliphatic carbocycles. The standard InChI is InChI=1S/C13H18ClN3O3/c1-17(13(19)11(15)8-20-2)7-12(18)16-10-5-3-4-9(14)6-10/h3-6,11H,7-8,15H2,1-2H3,(H,16,18). The summed E-state index contributed by atoms with van der Waals surface area (Å²) in [6.45, 7) is 0.0157. The summed E-state index contributed by atoms with van der Waals surface area (Å²) in [6.07, 6.45) is 0. The summed E-state index contributed by atoms with van der Waals surface area (Å²) in [6, 6.07) is 5.99. The molecule has 0 bridgehead atoms. The number of methoxy groups -OCH3 is 1. The molecule has 0 aromatic heterocycles. The number of likely N-dealkylation sites (N-methyl/N-ethyl adjacent to an activating group) is 1. The van der Waals surface area contributed by atoms with Crippen molar-refractivity contribution < 1.29 is 14.3 Å². The van der Waals surface area contributed by atoms with Crippen LogP contribution in [0.1, 0.15) is 0 Å². The van der Waals surface area contributed by atoms with E-state index in [1.807, 2.05) is 0 Å². The second-order valence-corrected chi connectivity index (χ2v) is 4.75. The predicted octanol–water partition coefficient (Wildman–Crippen LogP) is 0.711. The lowest BCUT2D eigenvalue weighted by molar-refractivity contribution is -0.135. The number of anilines is 1. The molecule has 0 spiro atoms. The third-order valence-electron chi connectivity index (χ3n) is 2.53. The maximum atomic E-state index is 11.8. The van der Waals surface area contributed by atoms with E-state index < -0.39 is 6.04 Å². The minimum absolute atomic E-state index is 0.0945. The molecule has 1 aromatic carbocycles. The van der Waals surface area contributed by atoms with E-state index in [1.165, 1.54) is 19.1 Å². The molecule has 3 N–H and O–H groups in total. The van der Waals surface area contributed by atoms with Crippen molar-refractivity contribution in [3.8, 4) is 0 Å². The van der Waals surface area contributed by atoms with Crippen LogP contribution in [0.25, 0.3) is 0 Å². The molecular formula is C13H18ClN3O3. The molecule has 110 valence electrons. The van der Waals surface area contributed by atoms with Gasteiger partial charge in [0.25, 0.3) is 0 Å². The van der Waals surface area contributed by atoms with Crippen molar-refractivity contribution in [3.05, 3.63) is 29.3 Å². The van der Waals surface area contributed by atoms with E-state index in [4.69, 9.17) is 22.1 Å². The van der Waals surface area contributed by atoms with Gasteiger partial charge in [0.15, 0.2) is 0 Å². The molecule has 0 saturated heterocycles. The van der Waals surface area contributed by atoms with Gasteiger partial charge in [0.1, 0.15) is 6.04 Å². The van der Waals surface area contributed by atoms with E-state index in [-0.39, 0.29) is 25.0 Å². The van der Waals surface area contributed by atoms with Crippen molar-refractivity contribution in [2.24, 2.45) is 5.73 Å². The molecule has 0 saturated carbocycles. The van der Waals surface area contributed by atoms with Gasteiger partial charge in [0, 0.05) is 24.9 Å². The zero-order chi connectivity index (χ0) is 15.1. The number of benzene rings is 1. The first-order valence-corrected chi connectivity index (χ1v) is 6.36. The van der Waals surface area contributed by atoms with Gasteiger partial charge in [-0.2, -0.15) is 0 Å². The molecule has 2 amide bonds. The number of nitrogens with two attached hydrogens (primary N) is 1. The van der Waals surface area contributed by atoms with Gasteiger partial charge in [-0.05, 0) is 18.2 Å². The van der Waals surface area contributed by atoms with Gasteiger partial charge >= 0.3 is 0 Å². The summed E-state index contributed by atoms with van der Waals surface area (Å²) in [5.74, 6) is -0.680. The molecular weight excluding hydrogens is 282 g/mol. The van der Waals surface area contributed by atoms with Crippen LogP contribution in [0.15, 0.2) is 24.3 Å². The van der Waals surface area contributed by atoms with E-state index in [2.05, 4.69) is 5.32 Å². The van der Waals surface area contributed by atoms with Gasteiger partial charge in [0.05, 0.1) is 13.2 Å². The highest BCUT2D eigenvalue weighted by Crippen LogP contribution is 2.14. The highest BCUT2D eigenvalue weighted by molar-refractivity contribution is 6.30. The summed E-state index contributed by atoms with van der Waals surface area (Å²) >= 11 is 5.81. The molecule has 0 fully saturated rings. The first-order valence-electron chi connectivity index (χ1n) is 5.99. The van der Waals surface area contributed by atoms with E-state index in [0.717, 1.165) is 0 Å². The number of rotatable bonds is 6. The minimum Gasteiger partial charge on any atom is -0.383 e. The van der Waals surface area contributed by atoms with Crippen molar-refractivity contribution in [1.29, 1.82) is 0 Å². The number of amides is 2. The quantitative estimate of drug-likeness (QED) is 0.810. The van der Waals surface area contributed by atoms with Crippen LogP contribution in [0.4, 0.5) is 5.69 Å². The van der Waals surface area contributed by atoms with Crippen LogP contribution in [0.3, 0.4) is 0 Å². The maximum absolute atomic E-state index is 11.8. The Kier molecular flexibility index (Phi) is 6.44. The Balaban J connectivity index is 2.51. The zero-order valence-electron chi connectivity index (χ0n) is 11.4. The van der Waals surface area contributed by atoms with E-state index in [0.29, 0.717) is 10.7 Å². The zero-order valence-corrected chi connectivity index (χ0v) is 12.2. The monoisotopic (exact) mass is 299 g/mol. The fourth-order valence-corrected chi connectivity index (χ4v) is 1.78. The Bertz CT molecular complexity index is 482. The number of halogens is 1. The minimum atomic E-state index is -0.774. The Morgan fingerprint density at radius 1 is 1.50 bits per heavy atom. The Morgan fingerprint density at radius 2 is 2.20 bits per heavy atom. The van der Waals surface area contributed by atoms with Crippen LogP contribution in [-0.4, -0.2) is 50.1 Å². The summed E-state index contributed by atoms with van der Waals surface area (Å²) in [5.41, 5.74) is 6.19. The second kappa shape index (κ2) is 7.84. The van der Waals surface area contributed by atoms with Crippen molar-refractivity contribution >= 4 is 29.1 Å². The topological polar surface area (TPSA) is 84.7 Å². The van der Waals surface area contributed by atoms with Gasteiger partial charge < -0.3 is 20.7 Å². The predicted molar refractivity (Wildman–Crippen MR) is 77.6 cm³/mol. The third kappa shape index (κ3) is 5.16. The smallest absolute Gasteiger partial charge is 0.243 e. The van der Waals surface area contributed by atoms with Crippen molar-refractivity contribution in [3.63, 3.8) is 0 Å². The van der Waals surface area contributed by atoms with Crippen LogP contribution in [-0.2, 0) is 14.3 Å². The highest BCUT2D eigenvalue weighted by atomic mass is 35.5. The van der Waals surface area contributed by atoms with E-state index in [1.54, 1.807) is 24.3 Å². The molecule has 1 aromatic rings. The lowest BCUT2D eigenvalue weighted by Crippen LogP contribution is -2.46. The van der Waals surface area contributed by atoms with Crippen LogP contribution in [0.2, 0.25) is 5.02 Å². The summed E-state index contributed by atoms with van der Waals surface area (Å²) in [7, 11) is 2.97. The molecule has 7 heteroatoms. The molecule has 1 rings (SSSR count). The van der Waals surface area contributed by atoms with Gasteiger partial charge in [-0.25, -0.2) is 0 Å². The van der Waals surface area contributed by atoms with Gasteiger partial charge in [-0.15, -0.1) is 0 Å². The SMILES string of the molecule is COCC(N)C(=O)N(C)CC(=O)Nc1cccc(Cl)c1.